The molecule has 10 heteroatoms. The molecular formula is C22H21N3O6S. The molecule has 0 aliphatic carbocycles. The number of amidine groups is 1. The van der Waals surface area contributed by atoms with Crippen molar-refractivity contribution in [3.63, 3.8) is 0 Å². The molecule has 0 spiro atoms. The van der Waals surface area contributed by atoms with Crippen LogP contribution in [0, 0.1) is 5.41 Å². The predicted molar refractivity (Wildman–Crippen MR) is 122 cm³/mol. The summed E-state index contributed by atoms with van der Waals surface area (Å²) in [5.41, 5.74) is 8.69. The average molecular weight is 455 g/mol. The first-order valence-corrected chi connectivity index (χ1v) is 10.9. The van der Waals surface area contributed by atoms with Crippen molar-refractivity contribution in [2.45, 2.75) is 0 Å². The lowest BCUT2D eigenvalue weighted by atomic mass is 9.98. The molecule has 3 aromatic rings. The molecule has 9 nitrogen and oxygen atoms in total. The average Bonchev–Trinajstić information content (AvgIpc) is 2.73. The van der Waals surface area contributed by atoms with Crippen LogP contribution in [0.25, 0.3) is 11.1 Å². The number of nitrogen functional groups attached to an aromatic ring is 1. The first-order valence-electron chi connectivity index (χ1n) is 9.06. The van der Waals surface area contributed by atoms with E-state index < -0.39 is 16.1 Å². The summed E-state index contributed by atoms with van der Waals surface area (Å²) >= 11 is 0. The fourth-order valence-electron chi connectivity index (χ4n) is 2.66. The highest BCUT2D eigenvalue weighted by Gasteiger charge is 2.13. The van der Waals surface area contributed by atoms with Crippen LogP contribution in [0.15, 0.2) is 72.8 Å². The van der Waals surface area contributed by atoms with Crippen molar-refractivity contribution in [1.29, 1.82) is 5.41 Å². The zero-order valence-electron chi connectivity index (χ0n) is 16.9. The number of carboxylic acids is 1. The van der Waals surface area contributed by atoms with Crippen molar-refractivity contribution in [3.8, 4) is 11.1 Å². The highest BCUT2D eigenvalue weighted by Crippen LogP contribution is 2.25. The molecule has 0 saturated heterocycles. The minimum Gasteiger partial charge on any atom is -0.478 e. The molecule has 0 aliphatic heterocycles. The second-order valence-corrected chi connectivity index (χ2v) is 8.07. The molecule has 0 heterocycles. The fourth-order valence-corrected chi connectivity index (χ4v) is 2.66. The van der Waals surface area contributed by atoms with Crippen LogP contribution in [0.4, 0.5) is 5.69 Å². The van der Waals surface area contributed by atoms with Crippen molar-refractivity contribution in [2.24, 2.45) is 5.73 Å². The number of anilines is 1. The van der Waals surface area contributed by atoms with Crippen molar-refractivity contribution in [3.05, 3.63) is 89.5 Å². The van der Waals surface area contributed by atoms with Gasteiger partial charge in [-0.2, -0.15) is 8.42 Å². The molecule has 166 valence electrons. The van der Waals surface area contributed by atoms with E-state index in [0.29, 0.717) is 28.6 Å². The second kappa shape index (κ2) is 10.3. The zero-order chi connectivity index (χ0) is 23.9. The summed E-state index contributed by atoms with van der Waals surface area (Å²) in [6, 6.07) is 20.2. The lowest BCUT2D eigenvalue weighted by molar-refractivity contribution is 0.0696. The molecule has 0 aliphatic rings. The zero-order valence-corrected chi connectivity index (χ0v) is 17.8. The Morgan fingerprint density at radius 2 is 1.41 bits per heavy atom. The molecule has 0 saturated carbocycles. The number of nitrogens with one attached hydrogen (secondary N) is 2. The summed E-state index contributed by atoms with van der Waals surface area (Å²) in [6.45, 7) is 0. The van der Waals surface area contributed by atoms with Crippen LogP contribution in [-0.2, 0) is 10.1 Å². The number of carbonyl (C=O) groups excluding carboxylic acids is 1. The molecule has 3 aromatic carbocycles. The van der Waals surface area contributed by atoms with Gasteiger partial charge in [-0.1, -0.05) is 30.3 Å². The third-order valence-corrected chi connectivity index (χ3v) is 4.07. The maximum atomic E-state index is 12.7. The van der Waals surface area contributed by atoms with Gasteiger partial charge in [-0.05, 0) is 53.6 Å². The molecule has 0 unspecified atom stereocenters. The van der Waals surface area contributed by atoms with Gasteiger partial charge in [0.15, 0.2) is 0 Å². The van der Waals surface area contributed by atoms with E-state index in [2.05, 4.69) is 5.32 Å². The van der Waals surface area contributed by atoms with E-state index in [0.717, 1.165) is 5.56 Å². The number of nitrogens with two attached hydrogens (primary N) is 1. The van der Waals surface area contributed by atoms with Gasteiger partial charge in [-0.15, -0.1) is 0 Å². The van der Waals surface area contributed by atoms with E-state index in [1.165, 1.54) is 12.1 Å². The number of carboxylic acid groups (broad SMARTS) is 1. The molecule has 0 bridgehead atoms. The fraction of sp³-hybridized carbons (Fsp3) is 0.0455. The van der Waals surface area contributed by atoms with Gasteiger partial charge in [0.05, 0.1) is 11.8 Å². The Morgan fingerprint density at radius 1 is 0.906 bits per heavy atom. The molecule has 1 amide bonds. The van der Waals surface area contributed by atoms with Gasteiger partial charge in [-0.3, -0.25) is 14.8 Å². The van der Waals surface area contributed by atoms with Crippen LogP contribution < -0.4 is 11.1 Å². The van der Waals surface area contributed by atoms with E-state index in [1.807, 2.05) is 12.1 Å². The lowest BCUT2D eigenvalue weighted by Gasteiger charge is -2.11. The van der Waals surface area contributed by atoms with E-state index in [9.17, 15) is 18.0 Å². The van der Waals surface area contributed by atoms with Gasteiger partial charge >= 0.3 is 5.97 Å². The number of carbonyl (C=O) groups is 2. The number of hydrogen-bond acceptors (Lipinski definition) is 5. The second-order valence-electron chi connectivity index (χ2n) is 6.61. The quantitative estimate of drug-likeness (QED) is 0.223. The summed E-state index contributed by atoms with van der Waals surface area (Å²) in [6.07, 6.45) is 0.715. The Labute approximate surface area is 184 Å². The van der Waals surface area contributed by atoms with Crippen molar-refractivity contribution < 1.29 is 27.7 Å². The van der Waals surface area contributed by atoms with Crippen LogP contribution in [0.3, 0.4) is 0 Å². The molecule has 0 radical (unpaired) electrons. The first-order chi connectivity index (χ1) is 15.0. The first kappa shape index (κ1) is 24.3. The van der Waals surface area contributed by atoms with Crippen LogP contribution in [0.1, 0.15) is 26.3 Å². The normalized spacial score (nSPS) is 10.4. The Hall–Kier alpha value is -4.02. The standard InChI is InChI=1S/C21H17N3O3.CH4O3S/c22-19(23)14-9-11-16(12-10-14)24-20(25)18-4-2-1-3-17(18)13-5-7-15(8-6-13)21(26)27;1-5(2,3)4/h1-12H,(H3,22,23)(H,24,25)(H,26,27);1H3,(H,2,3,4). The third kappa shape index (κ3) is 7.35. The Kier molecular flexibility index (Phi) is 7.83. The Morgan fingerprint density at radius 3 is 1.91 bits per heavy atom. The highest BCUT2D eigenvalue weighted by molar-refractivity contribution is 7.85. The SMILES string of the molecule is CS(=O)(=O)O.N=C(N)c1ccc(NC(=O)c2ccccc2-c2ccc(C(=O)O)cc2)cc1. The predicted octanol–water partition coefficient (Wildman–Crippen LogP) is 3.09. The number of hydrogen-bond donors (Lipinski definition) is 5. The summed E-state index contributed by atoms with van der Waals surface area (Å²) in [7, 11) is -3.67. The maximum Gasteiger partial charge on any atom is 0.335 e. The van der Waals surface area contributed by atoms with Crippen molar-refractivity contribution >= 4 is 33.5 Å². The van der Waals surface area contributed by atoms with Gasteiger partial charge in [0.1, 0.15) is 5.84 Å². The molecule has 0 aromatic heterocycles. The molecule has 0 atom stereocenters. The van der Waals surface area contributed by atoms with Crippen molar-refractivity contribution in [1.82, 2.24) is 0 Å². The molecule has 6 N–H and O–H groups in total. The maximum absolute atomic E-state index is 12.7. The van der Waals surface area contributed by atoms with Crippen LogP contribution in [0.5, 0.6) is 0 Å². The van der Waals surface area contributed by atoms with Gasteiger partial charge in [0.2, 0.25) is 0 Å². The summed E-state index contributed by atoms with van der Waals surface area (Å²) in [5, 5.41) is 19.2. The highest BCUT2D eigenvalue weighted by atomic mass is 32.2. The number of rotatable bonds is 5. The van der Waals surface area contributed by atoms with E-state index in [1.54, 1.807) is 48.5 Å². The third-order valence-electron chi connectivity index (χ3n) is 4.07. The number of benzene rings is 3. The number of aromatic carboxylic acids is 1. The minimum absolute atomic E-state index is 0.0389. The molecule has 32 heavy (non-hydrogen) atoms. The van der Waals surface area contributed by atoms with E-state index in [-0.39, 0.29) is 17.3 Å². The Balaban J connectivity index is 0.000000654. The summed E-state index contributed by atoms with van der Waals surface area (Å²) < 4.78 is 25.9. The monoisotopic (exact) mass is 455 g/mol. The molecule has 0 fully saturated rings. The van der Waals surface area contributed by atoms with Gasteiger partial charge in [-0.25, -0.2) is 4.79 Å². The van der Waals surface area contributed by atoms with Gasteiger partial charge in [0.25, 0.3) is 16.0 Å². The molecule has 3 rings (SSSR count). The minimum atomic E-state index is -3.67. The largest absolute Gasteiger partial charge is 0.478 e. The van der Waals surface area contributed by atoms with Crippen LogP contribution in [-0.4, -0.2) is 42.0 Å². The summed E-state index contributed by atoms with van der Waals surface area (Å²) in [4.78, 5) is 23.7. The smallest absolute Gasteiger partial charge is 0.335 e. The van der Waals surface area contributed by atoms with Gasteiger partial charge < -0.3 is 16.2 Å². The van der Waals surface area contributed by atoms with E-state index >= 15 is 0 Å². The Bertz CT molecular complexity index is 1230. The van der Waals surface area contributed by atoms with Crippen LogP contribution >= 0.6 is 0 Å². The van der Waals surface area contributed by atoms with Crippen molar-refractivity contribution in [2.75, 3.05) is 11.6 Å². The summed E-state index contributed by atoms with van der Waals surface area (Å²) in [5.74, 6) is -1.33. The topological polar surface area (TPSA) is 171 Å². The van der Waals surface area contributed by atoms with E-state index in [4.69, 9.17) is 20.8 Å². The lowest BCUT2D eigenvalue weighted by Crippen LogP contribution is -2.14. The number of amides is 1. The van der Waals surface area contributed by atoms with Gasteiger partial charge in [0, 0.05) is 16.8 Å². The molecular weight excluding hydrogens is 434 g/mol. The van der Waals surface area contributed by atoms with Crippen LogP contribution in [0.2, 0.25) is 0 Å².